The van der Waals surface area contributed by atoms with Crippen LogP contribution in [-0.4, -0.2) is 26.2 Å². The molecular formula is C19H15N5O2. The molecule has 0 atom stereocenters. The second-order valence-electron chi connectivity index (χ2n) is 5.72. The van der Waals surface area contributed by atoms with Gasteiger partial charge >= 0.3 is 0 Å². The van der Waals surface area contributed by atoms with Gasteiger partial charge in [-0.25, -0.2) is 0 Å². The topological polar surface area (TPSA) is 96.7 Å². The van der Waals surface area contributed by atoms with E-state index in [1.165, 1.54) is 0 Å². The van der Waals surface area contributed by atoms with Crippen LogP contribution in [0.5, 0.6) is 0 Å². The number of hydrogen-bond donors (Lipinski definition) is 2. The molecule has 0 bridgehead atoms. The number of rotatable bonds is 4. The number of anilines is 1. The summed E-state index contributed by atoms with van der Waals surface area (Å²) in [6.45, 7) is 1.73. The van der Waals surface area contributed by atoms with Crippen molar-refractivity contribution in [3.63, 3.8) is 0 Å². The minimum atomic E-state index is -0.192. The minimum Gasteiger partial charge on any atom is -0.339 e. The van der Waals surface area contributed by atoms with Crippen LogP contribution >= 0.6 is 0 Å². The Morgan fingerprint density at radius 1 is 1.08 bits per heavy atom. The van der Waals surface area contributed by atoms with Gasteiger partial charge < -0.3 is 9.84 Å². The molecule has 0 radical (unpaired) electrons. The predicted molar refractivity (Wildman–Crippen MR) is 96.4 cm³/mol. The van der Waals surface area contributed by atoms with Gasteiger partial charge in [0.2, 0.25) is 11.7 Å². The van der Waals surface area contributed by atoms with E-state index >= 15 is 0 Å². The third-order valence-corrected chi connectivity index (χ3v) is 3.87. The smallest absolute Gasteiger partial charge is 0.255 e. The van der Waals surface area contributed by atoms with Gasteiger partial charge in [0.05, 0.1) is 5.69 Å². The average molecular weight is 345 g/mol. The van der Waals surface area contributed by atoms with Crippen LogP contribution in [0.3, 0.4) is 0 Å². The largest absolute Gasteiger partial charge is 0.339 e. The van der Waals surface area contributed by atoms with Crippen LogP contribution in [0, 0.1) is 6.92 Å². The fourth-order valence-electron chi connectivity index (χ4n) is 2.57. The normalized spacial score (nSPS) is 10.7. The van der Waals surface area contributed by atoms with Gasteiger partial charge in [-0.15, -0.1) is 0 Å². The summed E-state index contributed by atoms with van der Waals surface area (Å²) in [6, 6.07) is 16.5. The molecule has 26 heavy (non-hydrogen) atoms. The first kappa shape index (κ1) is 15.8. The summed E-state index contributed by atoms with van der Waals surface area (Å²) in [6.07, 6.45) is 1.69. The molecular weight excluding hydrogens is 330 g/mol. The Hall–Kier alpha value is -3.74. The van der Waals surface area contributed by atoms with E-state index < -0.39 is 0 Å². The van der Waals surface area contributed by atoms with Gasteiger partial charge in [-0.2, -0.15) is 10.1 Å². The molecule has 7 heteroatoms. The fraction of sp³-hybridized carbons (Fsp3) is 0.0526. The molecule has 2 heterocycles. The van der Waals surface area contributed by atoms with Crippen molar-refractivity contribution in [1.82, 2.24) is 20.3 Å². The number of nitrogens with one attached hydrogen (secondary N) is 2. The summed E-state index contributed by atoms with van der Waals surface area (Å²) in [4.78, 5) is 16.7. The van der Waals surface area contributed by atoms with E-state index in [2.05, 4.69) is 25.7 Å². The van der Waals surface area contributed by atoms with Crippen molar-refractivity contribution in [3.8, 4) is 22.6 Å². The zero-order valence-electron chi connectivity index (χ0n) is 13.9. The number of aromatic amines is 1. The van der Waals surface area contributed by atoms with E-state index in [4.69, 9.17) is 4.52 Å². The van der Waals surface area contributed by atoms with Crippen LogP contribution in [0.2, 0.25) is 0 Å². The molecule has 4 aromatic rings. The SMILES string of the molecule is Cc1nc(-c2ccc(C(=O)Nc3cccc(-c4ccn[nH]4)c3)cc2)no1. The number of aromatic nitrogens is 4. The number of H-pyrrole nitrogens is 1. The maximum Gasteiger partial charge on any atom is 0.255 e. The third kappa shape index (κ3) is 3.23. The number of nitrogens with zero attached hydrogens (tertiary/aromatic N) is 3. The Labute approximate surface area is 149 Å². The zero-order chi connectivity index (χ0) is 17.9. The zero-order valence-corrected chi connectivity index (χ0v) is 13.9. The van der Waals surface area contributed by atoms with Crippen LogP contribution < -0.4 is 5.32 Å². The highest BCUT2D eigenvalue weighted by Gasteiger charge is 2.10. The molecule has 1 amide bonds. The van der Waals surface area contributed by atoms with Crippen molar-refractivity contribution in [2.24, 2.45) is 0 Å². The van der Waals surface area contributed by atoms with Gasteiger partial charge in [-0.1, -0.05) is 29.4 Å². The fourth-order valence-corrected chi connectivity index (χ4v) is 2.57. The first-order chi connectivity index (χ1) is 12.7. The van der Waals surface area contributed by atoms with E-state index in [0.717, 1.165) is 16.8 Å². The lowest BCUT2D eigenvalue weighted by atomic mass is 10.1. The molecule has 2 aromatic heterocycles. The highest BCUT2D eigenvalue weighted by atomic mass is 16.5. The Bertz CT molecular complexity index is 1040. The molecule has 0 fully saturated rings. The van der Waals surface area contributed by atoms with Crippen LogP contribution in [-0.2, 0) is 0 Å². The van der Waals surface area contributed by atoms with Crippen molar-refractivity contribution >= 4 is 11.6 Å². The first-order valence-electron chi connectivity index (χ1n) is 8.01. The van der Waals surface area contributed by atoms with Gasteiger partial charge in [-0.3, -0.25) is 9.89 Å². The van der Waals surface area contributed by atoms with E-state index in [0.29, 0.717) is 23.0 Å². The number of carbonyl (C=O) groups is 1. The van der Waals surface area contributed by atoms with E-state index in [1.54, 1.807) is 37.4 Å². The Kier molecular flexibility index (Phi) is 4.03. The van der Waals surface area contributed by atoms with E-state index in [1.807, 2.05) is 30.3 Å². The van der Waals surface area contributed by atoms with Crippen molar-refractivity contribution in [2.75, 3.05) is 5.32 Å². The molecule has 0 aliphatic heterocycles. The molecule has 0 spiro atoms. The highest BCUT2D eigenvalue weighted by molar-refractivity contribution is 6.04. The summed E-state index contributed by atoms with van der Waals surface area (Å²) in [7, 11) is 0. The molecule has 2 aromatic carbocycles. The molecule has 128 valence electrons. The maximum absolute atomic E-state index is 12.5. The van der Waals surface area contributed by atoms with Gasteiger partial charge in [0.25, 0.3) is 5.91 Å². The van der Waals surface area contributed by atoms with Crippen LogP contribution in [0.15, 0.2) is 65.3 Å². The summed E-state index contributed by atoms with van der Waals surface area (Å²) in [5, 5.41) is 13.6. The lowest BCUT2D eigenvalue weighted by Gasteiger charge is -2.07. The number of hydrogen-bond acceptors (Lipinski definition) is 5. The van der Waals surface area contributed by atoms with Crippen molar-refractivity contribution in [2.45, 2.75) is 6.92 Å². The monoisotopic (exact) mass is 345 g/mol. The summed E-state index contributed by atoms with van der Waals surface area (Å²) < 4.78 is 4.97. The van der Waals surface area contributed by atoms with E-state index in [-0.39, 0.29) is 5.91 Å². The summed E-state index contributed by atoms with van der Waals surface area (Å²) >= 11 is 0. The molecule has 0 aliphatic carbocycles. The number of amides is 1. The van der Waals surface area contributed by atoms with Gasteiger partial charge in [0, 0.05) is 35.5 Å². The second kappa shape index (κ2) is 6.64. The molecule has 0 unspecified atom stereocenters. The maximum atomic E-state index is 12.5. The van der Waals surface area contributed by atoms with Gasteiger partial charge in [0.15, 0.2) is 0 Å². The molecule has 2 N–H and O–H groups in total. The molecule has 7 nitrogen and oxygen atoms in total. The standard InChI is InChI=1S/C19H15N5O2/c1-12-21-18(24-26-12)13-5-7-14(8-6-13)19(25)22-16-4-2-3-15(11-16)17-9-10-20-23-17/h2-11H,1H3,(H,20,23)(H,22,25). The van der Waals surface area contributed by atoms with E-state index in [9.17, 15) is 4.79 Å². The average Bonchev–Trinajstić information content (AvgIpc) is 3.34. The van der Waals surface area contributed by atoms with Crippen LogP contribution in [0.25, 0.3) is 22.6 Å². The molecule has 0 saturated heterocycles. The summed E-state index contributed by atoms with van der Waals surface area (Å²) in [5.41, 5.74) is 3.88. The van der Waals surface area contributed by atoms with Crippen LogP contribution in [0.1, 0.15) is 16.2 Å². The number of aryl methyl sites for hydroxylation is 1. The Morgan fingerprint density at radius 2 is 1.92 bits per heavy atom. The minimum absolute atomic E-state index is 0.192. The number of benzene rings is 2. The molecule has 4 rings (SSSR count). The van der Waals surface area contributed by atoms with Gasteiger partial charge in [-0.05, 0) is 30.3 Å². The highest BCUT2D eigenvalue weighted by Crippen LogP contribution is 2.21. The third-order valence-electron chi connectivity index (χ3n) is 3.87. The van der Waals surface area contributed by atoms with Crippen molar-refractivity contribution in [3.05, 3.63) is 72.2 Å². The quantitative estimate of drug-likeness (QED) is 0.588. The Morgan fingerprint density at radius 3 is 2.62 bits per heavy atom. The lowest BCUT2D eigenvalue weighted by molar-refractivity contribution is 0.102. The Balaban J connectivity index is 1.51. The lowest BCUT2D eigenvalue weighted by Crippen LogP contribution is -2.11. The van der Waals surface area contributed by atoms with Crippen LogP contribution in [0.4, 0.5) is 5.69 Å². The second-order valence-corrected chi connectivity index (χ2v) is 5.72. The predicted octanol–water partition coefficient (Wildman–Crippen LogP) is 3.69. The van der Waals surface area contributed by atoms with Crippen molar-refractivity contribution in [1.29, 1.82) is 0 Å². The molecule has 0 saturated carbocycles. The first-order valence-corrected chi connectivity index (χ1v) is 8.01. The van der Waals surface area contributed by atoms with Crippen molar-refractivity contribution < 1.29 is 9.32 Å². The molecule has 0 aliphatic rings. The van der Waals surface area contributed by atoms with Gasteiger partial charge in [0.1, 0.15) is 0 Å². The summed E-state index contributed by atoms with van der Waals surface area (Å²) in [5.74, 6) is 0.809. The number of carbonyl (C=O) groups excluding carboxylic acids is 1.